The summed E-state index contributed by atoms with van der Waals surface area (Å²) in [4.78, 5) is 12.1. The zero-order valence-corrected chi connectivity index (χ0v) is 11.5. The molecule has 0 aromatic carbocycles. The fraction of sp³-hybridized carbons (Fsp3) is 0.643. The highest BCUT2D eigenvalue weighted by molar-refractivity contribution is 5.93. The third kappa shape index (κ3) is 3.73. The molecule has 0 aliphatic carbocycles. The number of aromatic nitrogens is 1. The highest BCUT2D eigenvalue weighted by Gasteiger charge is 2.15. The van der Waals surface area contributed by atoms with Crippen LogP contribution < -0.4 is 11.1 Å². The van der Waals surface area contributed by atoms with Gasteiger partial charge in [0, 0.05) is 25.9 Å². The van der Waals surface area contributed by atoms with Crippen LogP contribution in [-0.2, 0) is 11.3 Å². The summed E-state index contributed by atoms with van der Waals surface area (Å²) in [5.41, 5.74) is 6.97. The van der Waals surface area contributed by atoms with E-state index in [1.54, 1.807) is 12.3 Å². The topological polar surface area (TPSA) is 69.3 Å². The van der Waals surface area contributed by atoms with E-state index in [0.717, 1.165) is 32.4 Å². The minimum Gasteiger partial charge on any atom is -0.397 e. The Morgan fingerprint density at radius 3 is 3.11 bits per heavy atom. The van der Waals surface area contributed by atoms with Crippen LogP contribution in [-0.4, -0.2) is 29.7 Å². The van der Waals surface area contributed by atoms with E-state index in [1.165, 1.54) is 6.42 Å². The highest BCUT2D eigenvalue weighted by Crippen LogP contribution is 2.15. The van der Waals surface area contributed by atoms with Gasteiger partial charge in [-0.1, -0.05) is 0 Å². The smallest absolute Gasteiger partial charge is 0.267 e. The number of ether oxygens (including phenoxy) is 1. The molecule has 2 rings (SSSR count). The first kappa shape index (κ1) is 13.9. The van der Waals surface area contributed by atoms with E-state index in [-0.39, 0.29) is 5.91 Å². The van der Waals surface area contributed by atoms with Crippen LogP contribution in [0.4, 0.5) is 5.69 Å². The van der Waals surface area contributed by atoms with Crippen LogP contribution in [0, 0.1) is 0 Å². The first-order valence-electron chi connectivity index (χ1n) is 7.06. The molecular weight excluding hydrogens is 242 g/mol. The minimum absolute atomic E-state index is 0.0608. The molecule has 3 N–H and O–H groups in total. The van der Waals surface area contributed by atoms with Gasteiger partial charge in [0.15, 0.2) is 0 Å². The molecule has 1 aromatic rings. The van der Waals surface area contributed by atoms with E-state index >= 15 is 0 Å². The molecule has 5 nitrogen and oxygen atoms in total. The van der Waals surface area contributed by atoms with Gasteiger partial charge >= 0.3 is 0 Å². The van der Waals surface area contributed by atoms with Crippen molar-refractivity contribution in [1.29, 1.82) is 0 Å². The summed E-state index contributed by atoms with van der Waals surface area (Å²) in [6, 6.07) is 1.72. The lowest BCUT2D eigenvalue weighted by molar-refractivity contribution is 0.0117. The van der Waals surface area contributed by atoms with Crippen molar-refractivity contribution in [2.45, 2.75) is 45.3 Å². The van der Waals surface area contributed by atoms with Crippen LogP contribution in [0.15, 0.2) is 12.3 Å². The van der Waals surface area contributed by atoms with Gasteiger partial charge in [-0.25, -0.2) is 0 Å². The number of carbonyl (C=O) groups is 1. The number of aryl methyl sites for hydroxylation is 1. The van der Waals surface area contributed by atoms with E-state index < -0.39 is 0 Å². The molecule has 1 fully saturated rings. The molecule has 1 atom stereocenters. The number of amides is 1. The molecule has 1 aliphatic rings. The van der Waals surface area contributed by atoms with Gasteiger partial charge in [0.25, 0.3) is 5.91 Å². The number of nitrogen functional groups attached to an aromatic ring is 1. The van der Waals surface area contributed by atoms with Gasteiger partial charge in [-0.05, 0) is 38.7 Å². The molecule has 1 amide bonds. The Labute approximate surface area is 114 Å². The van der Waals surface area contributed by atoms with E-state index in [1.807, 2.05) is 11.5 Å². The maximum absolute atomic E-state index is 12.1. The molecule has 19 heavy (non-hydrogen) atoms. The number of carbonyl (C=O) groups excluding carboxylic acids is 1. The summed E-state index contributed by atoms with van der Waals surface area (Å²) in [5.74, 6) is -0.0608. The molecule has 1 aromatic heterocycles. The lowest BCUT2D eigenvalue weighted by Crippen LogP contribution is -2.30. The Balaban J connectivity index is 1.80. The maximum atomic E-state index is 12.1. The molecule has 2 heterocycles. The molecule has 1 aliphatic heterocycles. The van der Waals surface area contributed by atoms with Crippen molar-refractivity contribution in [2.75, 3.05) is 18.9 Å². The van der Waals surface area contributed by atoms with E-state index in [0.29, 0.717) is 24.0 Å². The van der Waals surface area contributed by atoms with Crippen LogP contribution in [0.1, 0.15) is 43.1 Å². The van der Waals surface area contributed by atoms with Crippen LogP contribution in [0.3, 0.4) is 0 Å². The zero-order valence-electron chi connectivity index (χ0n) is 11.5. The van der Waals surface area contributed by atoms with Crippen molar-refractivity contribution >= 4 is 11.6 Å². The number of nitrogens with two attached hydrogens (primary N) is 1. The van der Waals surface area contributed by atoms with Crippen molar-refractivity contribution in [2.24, 2.45) is 0 Å². The van der Waals surface area contributed by atoms with Gasteiger partial charge in [-0.2, -0.15) is 0 Å². The predicted octanol–water partition coefficient (Wildman–Crippen LogP) is 1.78. The van der Waals surface area contributed by atoms with E-state index in [9.17, 15) is 4.79 Å². The van der Waals surface area contributed by atoms with Gasteiger partial charge in [0.2, 0.25) is 0 Å². The zero-order chi connectivity index (χ0) is 13.7. The molecular formula is C14H23N3O2. The lowest BCUT2D eigenvalue weighted by Gasteiger charge is -2.22. The molecule has 0 spiro atoms. The van der Waals surface area contributed by atoms with Gasteiger partial charge in [0.05, 0.1) is 11.8 Å². The molecule has 0 bridgehead atoms. The van der Waals surface area contributed by atoms with Crippen molar-refractivity contribution in [3.8, 4) is 0 Å². The summed E-state index contributed by atoms with van der Waals surface area (Å²) in [5, 5.41) is 2.94. The summed E-state index contributed by atoms with van der Waals surface area (Å²) in [6.45, 7) is 4.24. The second kappa shape index (κ2) is 6.61. The predicted molar refractivity (Wildman–Crippen MR) is 75.1 cm³/mol. The van der Waals surface area contributed by atoms with Crippen LogP contribution >= 0.6 is 0 Å². The minimum atomic E-state index is -0.0608. The monoisotopic (exact) mass is 265 g/mol. The standard InChI is InChI=1S/C14H23N3O2/c1-2-17-10-11(15)9-13(17)14(18)16-7-6-12-5-3-4-8-19-12/h9-10,12H,2-8,15H2,1H3,(H,16,18). The Morgan fingerprint density at radius 2 is 2.42 bits per heavy atom. The number of nitrogens with zero attached hydrogens (tertiary/aromatic N) is 1. The van der Waals surface area contributed by atoms with E-state index in [4.69, 9.17) is 10.5 Å². The van der Waals surface area contributed by atoms with Gasteiger partial charge < -0.3 is 20.4 Å². The number of hydrogen-bond donors (Lipinski definition) is 2. The van der Waals surface area contributed by atoms with E-state index in [2.05, 4.69) is 5.32 Å². The van der Waals surface area contributed by atoms with Crippen molar-refractivity contribution in [1.82, 2.24) is 9.88 Å². The quantitative estimate of drug-likeness (QED) is 0.852. The van der Waals surface area contributed by atoms with Crippen LogP contribution in [0.25, 0.3) is 0 Å². The first-order valence-corrected chi connectivity index (χ1v) is 7.06. The Morgan fingerprint density at radius 1 is 1.58 bits per heavy atom. The molecule has 1 unspecified atom stereocenters. The third-order valence-corrected chi connectivity index (χ3v) is 3.52. The van der Waals surface area contributed by atoms with Gasteiger partial charge in [-0.3, -0.25) is 4.79 Å². The maximum Gasteiger partial charge on any atom is 0.267 e. The summed E-state index contributed by atoms with van der Waals surface area (Å²) in [7, 11) is 0. The lowest BCUT2D eigenvalue weighted by atomic mass is 10.1. The van der Waals surface area contributed by atoms with Crippen molar-refractivity contribution < 1.29 is 9.53 Å². The van der Waals surface area contributed by atoms with Crippen LogP contribution in [0.5, 0.6) is 0 Å². The Hall–Kier alpha value is -1.49. The SMILES string of the molecule is CCn1cc(N)cc1C(=O)NCCC1CCCCO1. The molecule has 5 heteroatoms. The second-order valence-corrected chi connectivity index (χ2v) is 4.98. The van der Waals surface area contributed by atoms with Gasteiger partial charge in [-0.15, -0.1) is 0 Å². The molecule has 0 saturated carbocycles. The van der Waals surface area contributed by atoms with Crippen LogP contribution in [0.2, 0.25) is 0 Å². The number of rotatable bonds is 5. The molecule has 0 radical (unpaired) electrons. The summed E-state index contributed by atoms with van der Waals surface area (Å²) < 4.78 is 7.50. The second-order valence-electron chi connectivity index (χ2n) is 4.98. The molecule has 106 valence electrons. The normalized spacial score (nSPS) is 19.3. The van der Waals surface area contributed by atoms with Crippen molar-refractivity contribution in [3.05, 3.63) is 18.0 Å². The average molecular weight is 265 g/mol. The Kier molecular flexibility index (Phi) is 4.85. The Bertz CT molecular complexity index is 422. The fourth-order valence-electron chi connectivity index (χ4n) is 2.46. The summed E-state index contributed by atoms with van der Waals surface area (Å²) in [6.07, 6.45) is 6.47. The third-order valence-electron chi connectivity index (χ3n) is 3.52. The largest absolute Gasteiger partial charge is 0.397 e. The first-order chi connectivity index (χ1) is 9.20. The molecule has 1 saturated heterocycles. The number of anilines is 1. The van der Waals surface area contributed by atoms with Crippen molar-refractivity contribution in [3.63, 3.8) is 0 Å². The number of hydrogen-bond acceptors (Lipinski definition) is 3. The van der Waals surface area contributed by atoms with Gasteiger partial charge in [0.1, 0.15) is 5.69 Å². The average Bonchev–Trinajstić information content (AvgIpc) is 2.81. The fourth-order valence-corrected chi connectivity index (χ4v) is 2.46. The number of nitrogens with one attached hydrogen (secondary N) is 1. The highest BCUT2D eigenvalue weighted by atomic mass is 16.5. The summed E-state index contributed by atoms with van der Waals surface area (Å²) >= 11 is 0.